The Hall–Kier alpha value is -1.95. The van der Waals surface area contributed by atoms with E-state index in [1.807, 2.05) is 18.2 Å². The molecule has 0 aliphatic carbocycles. The molecule has 3 aromatic rings. The summed E-state index contributed by atoms with van der Waals surface area (Å²) in [7, 11) is 0. The highest BCUT2D eigenvalue weighted by molar-refractivity contribution is 7.12. The first-order chi connectivity index (χ1) is 7.34. The van der Waals surface area contributed by atoms with E-state index in [0.29, 0.717) is 5.88 Å². The molecule has 1 aromatic carbocycles. The summed E-state index contributed by atoms with van der Waals surface area (Å²) in [6.45, 7) is 0. The van der Waals surface area contributed by atoms with E-state index >= 15 is 0 Å². The van der Waals surface area contributed by atoms with Crippen LogP contribution in [0.5, 0.6) is 0 Å². The van der Waals surface area contributed by atoms with E-state index in [1.165, 1.54) is 11.5 Å². The second-order valence-corrected chi connectivity index (χ2v) is 3.84. The number of benzene rings is 1. The number of rotatable bonds is 1. The van der Waals surface area contributed by atoms with E-state index in [0.717, 1.165) is 21.3 Å². The highest BCUT2D eigenvalue weighted by atomic mass is 32.1. The minimum Gasteiger partial charge on any atom is -0.367 e. The molecule has 6 heteroatoms. The summed E-state index contributed by atoms with van der Waals surface area (Å²) >= 11 is 1.35. The normalized spacial score (nSPS) is 10.9. The maximum Gasteiger partial charge on any atom is 0.229 e. The molecule has 3 rings (SSSR count). The van der Waals surface area contributed by atoms with Gasteiger partial charge in [-0.15, -0.1) is 5.10 Å². The summed E-state index contributed by atoms with van der Waals surface area (Å²) < 4.78 is 9.70. The monoisotopic (exact) mass is 218 g/mol. The predicted molar refractivity (Wildman–Crippen MR) is 57.3 cm³/mol. The lowest BCUT2D eigenvalue weighted by atomic mass is 10.1. The van der Waals surface area contributed by atoms with Gasteiger partial charge in [0.1, 0.15) is 5.52 Å². The Morgan fingerprint density at radius 2 is 2.27 bits per heavy atom. The molecule has 0 amide bonds. The van der Waals surface area contributed by atoms with Gasteiger partial charge in [0.15, 0.2) is 0 Å². The molecule has 0 saturated carbocycles. The average molecular weight is 218 g/mol. The molecule has 2 N–H and O–H groups in total. The molecule has 0 aliphatic rings. The summed E-state index contributed by atoms with van der Waals surface area (Å²) in [5.74, 6) is 0.326. The van der Waals surface area contributed by atoms with Crippen molar-refractivity contribution in [1.82, 2.24) is 14.7 Å². The van der Waals surface area contributed by atoms with Crippen LogP contribution in [0.15, 0.2) is 28.9 Å². The van der Waals surface area contributed by atoms with Crippen LogP contribution in [0.4, 0.5) is 5.88 Å². The van der Waals surface area contributed by atoms with Gasteiger partial charge in [-0.25, -0.2) is 0 Å². The van der Waals surface area contributed by atoms with Gasteiger partial charge in [-0.2, -0.15) is 0 Å². The fraction of sp³-hybridized carbons (Fsp3) is 0. The smallest absolute Gasteiger partial charge is 0.229 e. The van der Waals surface area contributed by atoms with Crippen LogP contribution >= 0.6 is 11.5 Å². The molecule has 0 radical (unpaired) electrons. The minimum absolute atomic E-state index is 0.326. The van der Waals surface area contributed by atoms with Gasteiger partial charge in [0.2, 0.25) is 5.88 Å². The van der Waals surface area contributed by atoms with Crippen LogP contribution in [-0.4, -0.2) is 14.7 Å². The van der Waals surface area contributed by atoms with Crippen molar-refractivity contribution in [2.75, 3.05) is 5.73 Å². The van der Waals surface area contributed by atoms with Crippen molar-refractivity contribution >= 4 is 27.6 Å². The predicted octanol–water partition coefficient (Wildman–Crippen LogP) is 1.93. The van der Waals surface area contributed by atoms with Gasteiger partial charge in [0.25, 0.3) is 0 Å². The zero-order valence-corrected chi connectivity index (χ0v) is 8.36. The van der Waals surface area contributed by atoms with Crippen molar-refractivity contribution in [3.8, 4) is 11.1 Å². The number of nitrogens with two attached hydrogens (primary N) is 1. The Morgan fingerprint density at radius 1 is 1.33 bits per heavy atom. The number of nitrogens with zero attached hydrogens (tertiary/aromatic N) is 3. The molecule has 0 bridgehead atoms. The quantitative estimate of drug-likeness (QED) is 0.675. The van der Waals surface area contributed by atoms with E-state index in [1.54, 1.807) is 6.20 Å². The molecule has 15 heavy (non-hydrogen) atoms. The lowest BCUT2D eigenvalue weighted by Gasteiger charge is -1.96. The van der Waals surface area contributed by atoms with Gasteiger partial charge < -0.3 is 10.3 Å². The Bertz CT molecular complexity index is 615. The molecule has 0 spiro atoms. The maximum absolute atomic E-state index is 5.63. The second kappa shape index (κ2) is 3.03. The molecule has 0 saturated heterocycles. The minimum atomic E-state index is 0.326. The van der Waals surface area contributed by atoms with Crippen molar-refractivity contribution in [2.24, 2.45) is 0 Å². The maximum atomic E-state index is 5.63. The van der Waals surface area contributed by atoms with Crippen molar-refractivity contribution in [3.05, 3.63) is 24.4 Å². The molecular formula is C9H6N4OS. The number of anilines is 1. The molecule has 2 heterocycles. The molecule has 2 aromatic heterocycles. The van der Waals surface area contributed by atoms with Crippen molar-refractivity contribution < 1.29 is 4.52 Å². The Labute approximate surface area is 88.7 Å². The Kier molecular flexibility index (Phi) is 1.69. The van der Waals surface area contributed by atoms with Crippen LogP contribution in [0.25, 0.3) is 21.3 Å². The summed E-state index contributed by atoms with van der Waals surface area (Å²) in [6.07, 6.45) is 1.60. The summed E-state index contributed by atoms with van der Waals surface area (Å²) in [5, 5.41) is 7.60. The van der Waals surface area contributed by atoms with Crippen LogP contribution in [0.3, 0.4) is 0 Å². The molecule has 0 unspecified atom stereocenters. The Morgan fingerprint density at radius 3 is 3.07 bits per heavy atom. The van der Waals surface area contributed by atoms with E-state index < -0.39 is 0 Å². The first-order valence-corrected chi connectivity index (χ1v) is 5.04. The fourth-order valence-corrected chi connectivity index (χ4v) is 2.01. The molecule has 0 aliphatic heterocycles. The van der Waals surface area contributed by atoms with Crippen LogP contribution in [0, 0.1) is 0 Å². The van der Waals surface area contributed by atoms with Crippen LogP contribution < -0.4 is 5.73 Å². The number of hydrogen-bond donors (Lipinski definition) is 1. The zero-order valence-electron chi connectivity index (χ0n) is 7.54. The molecule has 74 valence electrons. The SMILES string of the molecule is Nc1oncc1-c1ccc2nnsc2c1. The van der Waals surface area contributed by atoms with Gasteiger partial charge in [-0.05, 0) is 29.2 Å². The molecule has 5 nitrogen and oxygen atoms in total. The van der Waals surface area contributed by atoms with Gasteiger partial charge in [0.05, 0.1) is 16.5 Å². The van der Waals surface area contributed by atoms with Crippen molar-refractivity contribution in [3.63, 3.8) is 0 Å². The fourth-order valence-electron chi connectivity index (χ4n) is 1.41. The largest absolute Gasteiger partial charge is 0.367 e. The highest BCUT2D eigenvalue weighted by Crippen LogP contribution is 2.28. The summed E-state index contributed by atoms with van der Waals surface area (Å²) in [6, 6.07) is 5.80. The van der Waals surface area contributed by atoms with Crippen LogP contribution in [0.2, 0.25) is 0 Å². The highest BCUT2D eigenvalue weighted by Gasteiger charge is 2.08. The number of hydrogen-bond acceptors (Lipinski definition) is 6. The van der Waals surface area contributed by atoms with Gasteiger partial charge >= 0.3 is 0 Å². The van der Waals surface area contributed by atoms with Crippen LogP contribution in [0.1, 0.15) is 0 Å². The van der Waals surface area contributed by atoms with E-state index in [2.05, 4.69) is 14.7 Å². The second-order valence-electron chi connectivity index (χ2n) is 3.06. The van der Waals surface area contributed by atoms with Crippen molar-refractivity contribution in [2.45, 2.75) is 0 Å². The number of nitrogen functional groups attached to an aromatic ring is 1. The Balaban J connectivity index is 2.23. The van der Waals surface area contributed by atoms with E-state index in [-0.39, 0.29) is 0 Å². The first-order valence-electron chi connectivity index (χ1n) is 4.27. The molecule has 0 fully saturated rings. The number of fused-ring (bicyclic) bond motifs is 1. The third kappa shape index (κ3) is 1.26. The van der Waals surface area contributed by atoms with Crippen molar-refractivity contribution in [1.29, 1.82) is 0 Å². The van der Waals surface area contributed by atoms with Gasteiger partial charge in [-0.1, -0.05) is 15.7 Å². The first kappa shape index (κ1) is 8.37. The molecule has 0 atom stereocenters. The zero-order chi connectivity index (χ0) is 10.3. The summed E-state index contributed by atoms with van der Waals surface area (Å²) in [5.41, 5.74) is 8.28. The lowest BCUT2D eigenvalue weighted by Crippen LogP contribution is -1.84. The number of aromatic nitrogens is 3. The van der Waals surface area contributed by atoms with Gasteiger partial charge in [-0.3, -0.25) is 0 Å². The summed E-state index contributed by atoms with van der Waals surface area (Å²) in [4.78, 5) is 0. The van der Waals surface area contributed by atoms with Crippen LogP contribution in [-0.2, 0) is 0 Å². The average Bonchev–Trinajstić information content (AvgIpc) is 2.84. The molecular weight excluding hydrogens is 212 g/mol. The third-order valence-electron chi connectivity index (χ3n) is 2.16. The van der Waals surface area contributed by atoms with Gasteiger partial charge in [0, 0.05) is 0 Å². The lowest BCUT2D eigenvalue weighted by molar-refractivity contribution is 0.436. The standard InChI is InChI=1S/C9H6N4OS/c10-9-6(4-11-14-9)5-1-2-7-8(3-5)15-13-12-7/h1-4H,10H2. The van der Waals surface area contributed by atoms with E-state index in [9.17, 15) is 0 Å². The topological polar surface area (TPSA) is 77.8 Å². The third-order valence-corrected chi connectivity index (χ3v) is 2.84. The van der Waals surface area contributed by atoms with E-state index in [4.69, 9.17) is 10.3 Å².